The Kier molecular flexibility index (Phi) is 4.91. The molecule has 0 radical (unpaired) electrons. The maximum absolute atomic E-state index is 12.2. The van der Waals surface area contributed by atoms with Crippen molar-refractivity contribution in [2.45, 2.75) is 13.3 Å². The largest absolute Gasteiger partial charge is 0.494 e. The minimum Gasteiger partial charge on any atom is -0.494 e. The summed E-state index contributed by atoms with van der Waals surface area (Å²) < 4.78 is 7.15. The zero-order chi connectivity index (χ0) is 16.8. The molecule has 0 unspecified atom stereocenters. The van der Waals surface area contributed by atoms with Crippen LogP contribution in [0.4, 0.5) is 5.69 Å². The number of anilines is 1. The first kappa shape index (κ1) is 15.8. The van der Waals surface area contributed by atoms with E-state index in [2.05, 4.69) is 10.4 Å². The average molecular weight is 321 g/mol. The first-order valence-electron chi connectivity index (χ1n) is 7.86. The van der Waals surface area contributed by atoms with E-state index in [-0.39, 0.29) is 12.3 Å². The number of hydrogen-bond donors (Lipinski definition) is 1. The molecule has 5 heteroatoms. The van der Waals surface area contributed by atoms with E-state index in [1.54, 1.807) is 10.9 Å². The lowest BCUT2D eigenvalue weighted by Gasteiger charge is -2.06. The summed E-state index contributed by atoms with van der Waals surface area (Å²) in [6.45, 7) is 2.56. The maximum Gasteiger partial charge on any atom is 0.228 e. The molecule has 0 aliphatic heterocycles. The Morgan fingerprint density at radius 1 is 1.12 bits per heavy atom. The Labute approximate surface area is 140 Å². The summed E-state index contributed by atoms with van der Waals surface area (Å²) in [7, 11) is 0. The second kappa shape index (κ2) is 7.46. The van der Waals surface area contributed by atoms with Crippen molar-refractivity contribution in [2.75, 3.05) is 11.9 Å². The van der Waals surface area contributed by atoms with Gasteiger partial charge in [0.05, 0.1) is 24.9 Å². The Balaban J connectivity index is 1.60. The average Bonchev–Trinajstić information content (AvgIpc) is 3.06. The van der Waals surface area contributed by atoms with Gasteiger partial charge in [-0.25, -0.2) is 4.68 Å². The molecule has 0 saturated carbocycles. The molecule has 1 heterocycles. The van der Waals surface area contributed by atoms with Crippen LogP contribution in [0, 0.1) is 0 Å². The van der Waals surface area contributed by atoms with Crippen LogP contribution in [0.1, 0.15) is 12.5 Å². The highest BCUT2D eigenvalue weighted by Gasteiger charge is 2.07. The number of hydrogen-bond acceptors (Lipinski definition) is 3. The lowest BCUT2D eigenvalue weighted by Crippen LogP contribution is -2.14. The number of amides is 1. The first-order valence-corrected chi connectivity index (χ1v) is 7.86. The number of carbonyl (C=O) groups excluding carboxylic acids is 1. The number of rotatable bonds is 6. The Morgan fingerprint density at radius 3 is 2.58 bits per heavy atom. The van der Waals surface area contributed by atoms with E-state index in [0.717, 1.165) is 22.7 Å². The predicted octanol–water partition coefficient (Wildman–Crippen LogP) is 3.45. The molecule has 2 aromatic carbocycles. The van der Waals surface area contributed by atoms with Crippen molar-refractivity contribution in [2.24, 2.45) is 0 Å². The Hall–Kier alpha value is -3.08. The zero-order valence-electron chi connectivity index (χ0n) is 13.5. The first-order chi connectivity index (χ1) is 11.7. The van der Waals surface area contributed by atoms with E-state index in [1.165, 1.54) is 0 Å². The molecular weight excluding hydrogens is 302 g/mol. The highest BCUT2D eigenvalue weighted by molar-refractivity contribution is 5.92. The quantitative estimate of drug-likeness (QED) is 0.756. The number of aromatic nitrogens is 2. The molecular formula is C19H19N3O2. The van der Waals surface area contributed by atoms with Crippen molar-refractivity contribution >= 4 is 11.6 Å². The molecule has 0 spiro atoms. The molecule has 0 aliphatic rings. The summed E-state index contributed by atoms with van der Waals surface area (Å²) in [5.74, 6) is 0.714. The van der Waals surface area contributed by atoms with Gasteiger partial charge in [-0.05, 0) is 48.9 Å². The zero-order valence-corrected chi connectivity index (χ0v) is 13.5. The van der Waals surface area contributed by atoms with E-state index < -0.39 is 0 Å². The minimum absolute atomic E-state index is 0.0771. The SMILES string of the molecule is CCOc1ccc(NC(=O)Cc2cnn(-c3ccccc3)c2)cc1. The molecule has 0 bridgehead atoms. The smallest absolute Gasteiger partial charge is 0.228 e. The summed E-state index contributed by atoms with van der Waals surface area (Å²) in [5, 5.41) is 7.18. The van der Waals surface area contributed by atoms with Crippen LogP contribution >= 0.6 is 0 Å². The van der Waals surface area contributed by atoms with Gasteiger partial charge in [0.2, 0.25) is 5.91 Å². The summed E-state index contributed by atoms with van der Waals surface area (Å²) in [5.41, 5.74) is 2.58. The second-order valence-corrected chi connectivity index (χ2v) is 5.31. The summed E-state index contributed by atoms with van der Waals surface area (Å²) in [6.07, 6.45) is 3.86. The lowest BCUT2D eigenvalue weighted by molar-refractivity contribution is -0.115. The van der Waals surface area contributed by atoms with Crippen molar-refractivity contribution in [1.82, 2.24) is 9.78 Å². The van der Waals surface area contributed by atoms with E-state index in [4.69, 9.17) is 4.74 Å². The molecule has 1 N–H and O–H groups in total. The van der Waals surface area contributed by atoms with Crippen molar-refractivity contribution in [3.05, 3.63) is 72.6 Å². The third-order valence-electron chi connectivity index (χ3n) is 3.47. The fourth-order valence-electron chi connectivity index (χ4n) is 2.37. The molecule has 3 aromatic rings. The molecule has 5 nitrogen and oxygen atoms in total. The van der Waals surface area contributed by atoms with Crippen molar-refractivity contribution < 1.29 is 9.53 Å². The molecule has 0 fully saturated rings. The normalized spacial score (nSPS) is 10.4. The monoisotopic (exact) mass is 321 g/mol. The predicted molar refractivity (Wildman–Crippen MR) is 93.5 cm³/mol. The third kappa shape index (κ3) is 4.01. The van der Waals surface area contributed by atoms with Crippen LogP contribution in [0.2, 0.25) is 0 Å². The van der Waals surface area contributed by atoms with Crippen LogP contribution in [0.5, 0.6) is 5.75 Å². The van der Waals surface area contributed by atoms with E-state index in [9.17, 15) is 4.79 Å². The van der Waals surface area contributed by atoms with Crippen LogP contribution in [-0.4, -0.2) is 22.3 Å². The Morgan fingerprint density at radius 2 is 1.88 bits per heavy atom. The van der Waals surface area contributed by atoms with Crippen LogP contribution in [0.15, 0.2) is 67.0 Å². The molecule has 0 atom stereocenters. The van der Waals surface area contributed by atoms with Crippen LogP contribution in [0.3, 0.4) is 0 Å². The third-order valence-corrected chi connectivity index (χ3v) is 3.47. The van der Waals surface area contributed by atoms with Crippen molar-refractivity contribution in [3.8, 4) is 11.4 Å². The van der Waals surface area contributed by atoms with Crippen molar-refractivity contribution in [3.63, 3.8) is 0 Å². The number of carbonyl (C=O) groups is 1. The van der Waals surface area contributed by atoms with E-state index in [1.807, 2.05) is 67.7 Å². The number of nitrogens with zero attached hydrogens (tertiary/aromatic N) is 2. The van der Waals surface area contributed by atoms with Gasteiger partial charge in [0, 0.05) is 11.9 Å². The number of para-hydroxylation sites is 1. The van der Waals surface area contributed by atoms with Gasteiger partial charge in [0.1, 0.15) is 5.75 Å². The van der Waals surface area contributed by atoms with Crippen LogP contribution in [0.25, 0.3) is 5.69 Å². The minimum atomic E-state index is -0.0771. The maximum atomic E-state index is 12.2. The van der Waals surface area contributed by atoms with Gasteiger partial charge in [-0.15, -0.1) is 0 Å². The van der Waals surface area contributed by atoms with Gasteiger partial charge in [0.25, 0.3) is 0 Å². The van der Waals surface area contributed by atoms with Crippen molar-refractivity contribution in [1.29, 1.82) is 0 Å². The molecule has 3 rings (SSSR count). The lowest BCUT2D eigenvalue weighted by atomic mass is 10.2. The highest BCUT2D eigenvalue weighted by atomic mass is 16.5. The fraction of sp³-hybridized carbons (Fsp3) is 0.158. The van der Waals surface area contributed by atoms with Gasteiger partial charge in [-0.3, -0.25) is 4.79 Å². The number of benzene rings is 2. The van der Waals surface area contributed by atoms with Gasteiger partial charge in [-0.1, -0.05) is 18.2 Å². The summed E-state index contributed by atoms with van der Waals surface area (Å²) >= 11 is 0. The molecule has 0 aliphatic carbocycles. The standard InChI is InChI=1S/C19H19N3O2/c1-2-24-18-10-8-16(9-11-18)21-19(23)12-15-13-20-22(14-15)17-6-4-3-5-7-17/h3-11,13-14H,2,12H2,1H3,(H,21,23). The van der Waals surface area contributed by atoms with Gasteiger partial charge >= 0.3 is 0 Å². The molecule has 122 valence electrons. The molecule has 1 amide bonds. The highest BCUT2D eigenvalue weighted by Crippen LogP contribution is 2.16. The second-order valence-electron chi connectivity index (χ2n) is 5.31. The van der Waals surface area contributed by atoms with Gasteiger partial charge < -0.3 is 10.1 Å². The van der Waals surface area contributed by atoms with Gasteiger partial charge in [0.15, 0.2) is 0 Å². The number of ether oxygens (including phenoxy) is 1. The summed E-state index contributed by atoms with van der Waals surface area (Å²) in [4.78, 5) is 12.2. The van der Waals surface area contributed by atoms with Gasteiger partial charge in [-0.2, -0.15) is 5.10 Å². The van der Waals surface area contributed by atoms with Crippen LogP contribution in [-0.2, 0) is 11.2 Å². The summed E-state index contributed by atoms with van der Waals surface area (Å²) in [6, 6.07) is 17.1. The fourth-order valence-corrected chi connectivity index (χ4v) is 2.37. The molecule has 0 saturated heterocycles. The molecule has 24 heavy (non-hydrogen) atoms. The van der Waals surface area contributed by atoms with E-state index >= 15 is 0 Å². The van der Waals surface area contributed by atoms with E-state index in [0.29, 0.717) is 6.61 Å². The van der Waals surface area contributed by atoms with Crippen LogP contribution < -0.4 is 10.1 Å². The Bertz CT molecular complexity index is 795. The topological polar surface area (TPSA) is 56.1 Å². The number of nitrogens with one attached hydrogen (secondary N) is 1. The molecule has 1 aromatic heterocycles.